The largest absolute Gasteiger partial charge is 0.481 e. The Hall–Kier alpha value is -1.16. The first kappa shape index (κ1) is 25.5. The van der Waals surface area contributed by atoms with Gasteiger partial charge >= 0.3 is 5.97 Å². The Morgan fingerprint density at radius 1 is 0.857 bits per heavy atom. The molecule has 0 unspecified atom stereocenters. The van der Waals surface area contributed by atoms with E-state index in [1.165, 1.54) is 5.57 Å². The molecule has 35 heavy (non-hydrogen) atoms. The summed E-state index contributed by atoms with van der Waals surface area (Å²) >= 11 is 0. The highest BCUT2D eigenvalue weighted by atomic mass is 16.4. The summed E-state index contributed by atoms with van der Waals surface area (Å²) in [5, 5.41) is 21.1. The number of aliphatic carboxylic acids is 1. The molecule has 0 aliphatic heterocycles. The zero-order valence-corrected chi connectivity index (χ0v) is 23.4. The monoisotopic (exact) mass is 484 g/mol. The molecule has 0 aromatic heterocycles. The minimum absolute atomic E-state index is 0.0620. The Morgan fingerprint density at radius 3 is 2.11 bits per heavy atom. The van der Waals surface area contributed by atoms with Gasteiger partial charge in [-0.3, -0.25) is 9.59 Å². The third-order valence-electron chi connectivity index (χ3n) is 14.2. The Bertz CT molecular complexity index is 1010. The predicted octanol–water partition coefficient (Wildman–Crippen LogP) is 6.80. The normalized spacial score (nSPS) is 55.1. The zero-order valence-electron chi connectivity index (χ0n) is 23.4. The molecule has 4 saturated carbocycles. The van der Waals surface area contributed by atoms with Crippen molar-refractivity contribution in [1.29, 1.82) is 0 Å². The van der Waals surface area contributed by atoms with E-state index >= 15 is 0 Å². The Morgan fingerprint density at radius 2 is 1.49 bits per heavy atom. The molecule has 9 atom stereocenters. The predicted molar refractivity (Wildman–Crippen MR) is 138 cm³/mol. The first-order valence-electron chi connectivity index (χ1n) is 14.1. The molecule has 4 fully saturated rings. The van der Waals surface area contributed by atoms with Crippen LogP contribution < -0.4 is 0 Å². The van der Waals surface area contributed by atoms with Crippen molar-refractivity contribution in [2.75, 3.05) is 0 Å². The van der Waals surface area contributed by atoms with Crippen LogP contribution in [0, 0.1) is 49.7 Å². The zero-order chi connectivity index (χ0) is 26.0. The lowest BCUT2D eigenvalue weighted by atomic mass is 9.30. The van der Waals surface area contributed by atoms with Gasteiger partial charge in [-0.05, 0) is 109 Å². The molecule has 0 aromatic rings. The summed E-state index contributed by atoms with van der Waals surface area (Å²) in [5.74, 6) is -0.327. The van der Waals surface area contributed by atoms with Crippen LogP contribution >= 0.6 is 0 Å². The van der Waals surface area contributed by atoms with E-state index in [4.69, 9.17) is 0 Å². The molecule has 5 aliphatic rings. The molecular formula is C31H48O4. The summed E-state index contributed by atoms with van der Waals surface area (Å²) in [5.41, 5.74) is -0.161. The van der Waals surface area contributed by atoms with Gasteiger partial charge in [-0.2, -0.15) is 0 Å². The highest BCUT2D eigenvalue weighted by Crippen LogP contribution is 2.78. The molecule has 0 aromatic carbocycles. The second kappa shape index (κ2) is 7.03. The fourth-order valence-electron chi connectivity index (χ4n) is 10.5. The summed E-state index contributed by atoms with van der Waals surface area (Å²) in [6.07, 6.45) is 9.80. The van der Waals surface area contributed by atoms with E-state index in [0.717, 1.165) is 51.4 Å². The topological polar surface area (TPSA) is 74.6 Å². The van der Waals surface area contributed by atoms with Gasteiger partial charge in [0.05, 0.1) is 11.5 Å². The van der Waals surface area contributed by atoms with Gasteiger partial charge in [-0.1, -0.05) is 54.0 Å². The quantitative estimate of drug-likeness (QED) is 0.429. The van der Waals surface area contributed by atoms with Crippen LogP contribution in [0.4, 0.5) is 0 Å². The number of carbonyl (C=O) groups excluding carboxylic acids is 1. The minimum Gasteiger partial charge on any atom is -0.481 e. The average Bonchev–Trinajstić information content (AvgIpc) is 2.76. The van der Waals surface area contributed by atoms with Gasteiger partial charge < -0.3 is 10.2 Å². The summed E-state index contributed by atoms with van der Waals surface area (Å²) in [4.78, 5) is 26.6. The van der Waals surface area contributed by atoms with E-state index in [-0.39, 0.29) is 56.2 Å². The second-order valence-corrected chi connectivity index (χ2v) is 15.5. The first-order chi connectivity index (χ1) is 15.9. The Balaban J connectivity index is 1.65. The van der Waals surface area contributed by atoms with Gasteiger partial charge in [0, 0.05) is 5.92 Å². The van der Waals surface area contributed by atoms with Crippen molar-refractivity contribution in [3.8, 4) is 0 Å². The summed E-state index contributed by atoms with van der Waals surface area (Å²) in [6.45, 7) is 18.2. The number of hydrogen-bond acceptors (Lipinski definition) is 3. The molecule has 196 valence electrons. The van der Waals surface area contributed by atoms with Crippen molar-refractivity contribution in [3.63, 3.8) is 0 Å². The van der Waals surface area contributed by atoms with Gasteiger partial charge in [-0.15, -0.1) is 0 Å². The molecule has 0 radical (unpaired) electrons. The van der Waals surface area contributed by atoms with Gasteiger partial charge in [0.1, 0.15) is 0 Å². The van der Waals surface area contributed by atoms with Crippen molar-refractivity contribution in [1.82, 2.24) is 0 Å². The number of allylic oxidation sites excluding steroid dienone is 2. The van der Waals surface area contributed by atoms with Crippen LogP contribution in [-0.4, -0.2) is 28.1 Å². The maximum absolute atomic E-state index is 14.3. The fourth-order valence-corrected chi connectivity index (χ4v) is 10.5. The molecular weight excluding hydrogens is 436 g/mol. The van der Waals surface area contributed by atoms with E-state index in [0.29, 0.717) is 6.42 Å². The Kier molecular flexibility index (Phi) is 5.12. The van der Waals surface area contributed by atoms with Gasteiger partial charge in [0.2, 0.25) is 0 Å². The molecule has 2 N–H and O–H groups in total. The van der Waals surface area contributed by atoms with Crippen LogP contribution in [0.15, 0.2) is 11.6 Å². The van der Waals surface area contributed by atoms with E-state index in [1.54, 1.807) is 0 Å². The Labute approximate surface area is 212 Å². The number of aliphatic hydroxyl groups excluding tert-OH is 1. The van der Waals surface area contributed by atoms with Gasteiger partial charge in [0.25, 0.3) is 0 Å². The summed E-state index contributed by atoms with van der Waals surface area (Å²) < 4.78 is 0. The van der Waals surface area contributed by atoms with Crippen molar-refractivity contribution in [2.45, 2.75) is 119 Å². The second-order valence-electron chi connectivity index (χ2n) is 15.5. The third-order valence-corrected chi connectivity index (χ3v) is 14.2. The van der Waals surface area contributed by atoms with Crippen LogP contribution in [0.3, 0.4) is 0 Å². The standard InChI is InChI=1S/C31H48O4/c1-25(2)22(33)9-10-30(7)23-21(32)17-19-20-18-27(4,24(34)35)12-11-26(20,3)13-14-28(19,5)29(23,6)15-16-31(25,30)8/h17,20,22-23,33H,9-16,18H2,1-8H3,(H,34,35)/t20-,22-,23-,26+,27-,28+,29+,30+,31-/m0/s1. The SMILES string of the molecule is CC1(C)[C@@H](O)CC[C@]2(C)[C@H]3C(=O)C=C4[C@@H]5C[C@@](C)(C(=O)O)CC[C@]5(C)CC[C@@]4(C)[C@]3(C)CC[C@@]12C. The van der Waals surface area contributed by atoms with E-state index in [9.17, 15) is 19.8 Å². The summed E-state index contributed by atoms with van der Waals surface area (Å²) in [6, 6.07) is 0. The number of fused-ring (bicyclic) bond motifs is 7. The van der Waals surface area contributed by atoms with E-state index in [1.807, 2.05) is 13.0 Å². The number of rotatable bonds is 1. The van der Waals surface area contributed by atoms with Gasteiger partial charge in [0.15, 0.2) is 5.78 Å². The first-order valence-corrected chi connectivity index (χ1v) is 14.1. The van der Waals surface area contributed by atoms with Crippen molar-refractivity contribution >= 4 is 11.8 Å². The van der Waals surface area contributed by atoms with Crippen LogP contribution in [-0.2, 0) is 9.59 Å². The number of carbonyl (C=O) groups is 2. The average molecular weight is 485 g/mol. The number of carboxylic acids is 1. The number of carboxylic acid groups (broad SMARTS) is 1. The lowest BCUT2D eigenvalue weighted by molar-refractivity contribution is -0.243. The van der Waals surface area contributed by atoms with Crippen molar-refractivity contribution in [3.05, 3.63) is 11.6 Å². The van der Waals surface area contributed by atoms with Crippen LogP contribution in [0.5, 0.6) is 0 Å². The molecule has 0 saturated heterocycles. The molecule has 0 bridgehead atoms. The van der Waals surface area contributed by atoms with Crippen molar-refractivity contribution in [2.24, 2.45) is 49.7 Å². The molecule has 0 heterocycles. The lowest BCUT2D eigenvalue weighted by Gasteiger charge is -2.73. The van der Waals surface area contributed by atoms with E-state index in [2.05, 4.69) is 48.5 Å². The molecule has 5 rings (SSSR count). The number of hydrogen-bond donors (Lipinski definition) is 2. The molecule has 4 nitrogen and oxygen atoms in total. The molecule has 5 aliphatic carbocycles. The van der Waals surface area contributed by atoms with Gasteiger partial charge in [-0.25, -0.2) is 0 Å². The maximum Gasteiger partial charge on any atom is 0.309 e. The molecule has 0 amide bonds. The molecule has 4 heteroatoms. The third kappa shape index (κ3) is 2.79. The molecule has 0 spiro atoms. The highest BCUT2D eigenvalue weighted by Gasteiger charge is 2.73. The maximum atomic E-state index is 14.3. The van der Waals surface area contributed by atoms with Crippen LogP contribution in [0.2, 0.25) is 0 Å². The van der Waals surface area contributed by atoms with Crippen LogP contribution in [0.25, 0.3) is 0 Å². The van der Waals surface area contributed by atoms with E-state index < -0.39 is 11.4 Å². The summed E-state index contributed by atoms with van der Waals surface area (Å²) in [7, 11) is 0. The minimum atomic E-state index is -0.718. The van der Waals surface area contributed by atoms with Crippen LogP contribution in [0.1, 0.15) is 113 Å². The lowest BCUT2D eigenvalue weighted by Crippen LogP contribution is -2.70. The van der Waals surface area contributed by atoms with Crippen molar-refractivity contribution < 1.29 is 19.8 Å². The number of ketones is 1. The smallest absolute Gasteiger partial charge is 0.309 e. The number of aliphatic hydroxyl groups is 1. The fraction of sp³-hybridized carbons (Fsp3) is 0.871. The highest BCUT2D eigenvalue weighted by molar-refractivity contribution is 5.96.